The second-order valence-corrected chi connectivity index (χ2v) is 6.11. The molecule has 1 rings (SSSR count). The molecule has 0 saturated heterocycles. The van der Waals surface area contributed by atoms with Crippen LogP contribution in [0.1, 0.15) is 51.8 Å². The van der Waals surface area contributed by atoms with Crippen LogP contribution in [0.5, 0.6) is 5.88 Å². The molecule has 0 amide bonds. The van der Waals surface area contributed by atoms with Crippen LogP contribution in [0.25, 0.3) is 0 Å². The van der Waals surface area contributed by atoms with E-state index in [4.69, 9.17) is 16.3 Å². The summed E-state index contributed by atoms with van der Waals surface area (Å²) < 4.78 is 5.74. The predicted octanol–water partition coefficient (Wildman–Crippen LogP) is 4.59. The van der Waals surface area contributed by atoms with Crippen molar-refractivity contribution < 1.29 is 4.74 Å². The number of hydrogen-bond donors (Lipinski definition) is 0. The summed E-state index contributed by atoms with van der Waals surface area (Å²) in [5, 5.41) is 0. The first kappa shape index (κ1) is 15.3. The molecule has 1 aromatic heterocycles. The number of nitrogens with zero attached hydrogens (tertiary/aromatic N) is 1. The van der Waals surface area contributed by atoms with Crippen LogP contribution in [0, 0.1) is 5.41 Å². The first-order valence-corrected chi connectivity index (χ1v) is 7.16. The Morgan fingerprint density at radius 2 is 2.00 bits per heavy atom. The van der Waals surface area contributed by atoms with Crippen molar-refractivity contribution in [1.29, 1.82) is 0 Å². The van der Waals surface area contributed by atoms with Gasteiger partial charge in [-0.25, -0.2) is 4.98 Å². The van der Waals surface area contributed by atoms with Crippen LogP contribution in [-0.4, -0.2) is 11.6 Å². The maximum absolute atomic E-state index is 5.89. The molecule has 3 heteroatoms. The zero-order valence-corrected chi connectivity index (χ0v) is 12.7. The lowest BCUT2D eigenvalue weighted by molar-refractivity contribution is 0.236. The summed E-state index contributed by atoms with van der Waals surface area (Å²) in [6.45, 7) is 9.48. The van der Waals surface area contributed by atoms with Crippen molar-refractivity contribution >= 4 is 11.6 Å². The monoisotopic (exact) mass is 269 g/mol. The van der Waals surface area contributed by atoms with Crippen LogP contribution >= 0.6 is 11.6 Å². The smallest absolute Gasteiger partial charge is 0.213 e. The Kier molecular flexibility index (Phi) is 5.94. The average molecular weight is 270 g/mol. The summed E-state index contributed by atoms with van der Waals surface area (Å²) in [4.78, 5) is 4.51. The lowest BCUT2D eigenvalue weighted by Gasteiger charge is -2.18. The number of rotatable bonds is 6. The van der Waals surface area contributed by atoms with E-state index in [1.165, 1.54) is 0 Å². The third kappa shape index (κ3) is 5.72. The Labute approximate surface area is 116 Å². The van der Waals surface area contributed by atoms with E-state index in [1.807, 2.05) is 6.07 Å². The van der Waals surface area contributed by atoms with Gasteiger partial charge in [0.2, 0.25) is 5.88 Å². The lowest BCUT2D eigenvalue weighted by atomic mass is 9.93. The van der Waals surface area contributed by atoms with Gasteiger partial charge in [-0.1, -0.05) is 34.1 Å². The summed E-state index contributed by atoms with van der Waals surface area (Å²) in [5.74, 6) is 1.22. The molecule has 0 unspecified atom stereocenters. The number of aryl methyl sites for hydroxylation is 1. The van der Waals surface area contributed by atoms with Gasteiger partial charge in [-0.2, -0.15) is 0 Å². The Morgan fingerprint density at radius 1 is 1.28 bits per heavy atom. The average Bonchev–Trinajstić information content (AvgIpc) is 2.27. The lowest BCUT2D eigenvalue weighted by Crippen LogP contribution is -2.12. The molecule has 0 aromatic carbocycles. The van der Waals surface area contributed by atoms with Gasteiger partial charge in [0.15, 0.2) is 0 Å². The predicted molar refractivity (Wildman–Crippen MR) is 77.4 cm³/mol. The molecule has 0 spiro atoms. The van der Waals surface area contributed by atoms with Crippen LogP contribution < -0.4 is 4.74 Å². The molecule has 0 radical (unpaired) electrons. The summed E-state index contributed by atoms with van der Waals surface area (Å²) in [6, 6.07) is 4.00. The SMILES string of the molecule is CCCc1cc(CCl)cc(OCCC(C)(C)C)n1. The molecule has 0 aliphatic heterocycles. The molecular formula is C15H24ClNO. The van der Waals surface area contributed by atoms with E-state index in [0.29, 0.717) is 18.4 Å². The van der Waals surface area contributed by atoms with E-state index in [2.05, 4.69) is 38.7 Å². The normalized spacial score (nSPS) is 11.6. The first-order valence-electron chi connectivity index (χ1n) is 6.63. The number of aromatic nitrogens is 1. The Bertz CT molecular complexity index is 371. The highest BCUT2D eigenvalue weighted by Gasteiger charge is 2.10. The highest BCUT2D eigenvalue weighted by Crippen LogP contribution is 2.20. The first-order chi connectivity index (χ1) is 8.44. The largest absolute Gasteiger partial charge is 0.478 e. The minimum atomic E-state index is 0.288. The van der Waals surface area contributed by atoms with Gasteiger partial charge < -0.3 is 4.74 Å². The summed E-state index contributed by atoms with van der Waals surface area (Å²) in [5.41, 5.74) is 2.44. The standard InChI is InChI=1S/C15H24ClNO/c1-5-6-13-9-12(11-16)10-14(17-13)18-8-7-15(2,3)4/h9-10H,5-8,11H2,1-4H3. The highest BCUT2D eigenvalue weighted by molar-refractivity contribution is 6.17. The third-order valence-electron chi connectivity index (χ3n) is 2.68. The molecule has 0 saturated carbocycles. The van der Waals surface area contributed by atoms with Gasteiger partial charge in [0.1, 0.15) is 0 Å². The second kappa shape index (κ2) is 6.98. The van der Waals surface area contributed by atoms with Gasteiger partial charge in [0.25, 0.3) is 0 Å². The van der Waals surface area contributed by atoms with Gasteiger partial charge in [-0.15, -0.1) is 11.6 Å². The van der Waals surface area contributed by atoms with Gasteiger partial charge in [-0.05, 0) is 29.9 Å². The maximum atomic E-state index is 5.89. The molecule has 0 N–H and O–H groups in total. The van der Waals surface area contributed by atoms with E-state index >= 15 is 0 Å². The van der Waals surface area contributed by atoms with E-state index in [0.717, 1.165) is 30.5 Å². The number of ether oxygens (including phenoxy) is 1. The molecular weight excluding hydrogens is 246 g/mol. The molecule has 0 fully saturated rings. The molecule has 102 valence electrons. The van der Waals surface area contributed by atoms with E-state index in [-0.39, 0.29) is 5.41 Å². The van der Waals surface area contributed by atoms with Crippen LogP contribution in [-0.2, 0) is 12.3 Å². The fraction of sp³-hybridized carbons (Fsp3) is 0.667. The fourth-order valence-corrected chi connectivity index (χ4v) is 1.77. The molecule has 0 aliphatic rings. The topological polar surface area (TPSA) is 22.1 Å². The van der Waals surface area contributed by atoms with Crippen molar-refractivity contribution in [2.45, 2.75) is 52.8 Å². The Morgan fingerprint density at radius 3 is 2.56 bits per heavy atom. The molecule has 0 atom stereocenters. The fourth-order valence-electron chi connectivity index (χ4n) is 1.62. The Hall–Kier alpha value is -0.760. The number of halogens is 1. The van der Waals surface area contributed by atoms with Crippen molar-refractivity contribution in [3.8, 4) is 5.88 Å². The minimum Gasteiger partial charge on any atom is -0.478 e. The minimum absolute atomic E-state index is 0.288. The highest BCUT2D eigenvalue weighted by atomic mass is 35.5. The van der Waals surface area contributed by atoms with Gasteiger partial charge in [-0.3, -0.25) is 0 Å². The summed E-state index contributed by atoms with van der Waals surface area (Å²) in [7, 11) is 0. The van der Waals surface area contributed by atoms with Crippen molar-refractivity contribution in [2.75, 3.05) is 6.61 Å². The quantitative estimate of drug-likeness (QED) is 0.705. The zero-order valence-electron chi connectivity index (χ0n) is 11.9. The van der Waals surface area contributed by atoms with E-state index in [9.17, 15) is 0 Å². The number of alkyl halides is 1. The van der Waals surface area contributed by atoms with Crippen LogP contribution in [0.2, 0.25) is 0 Å². The molecule has 1 heterocycles. The van der Waals surface area contributed by atoms with Crippen molar-refractivity contribution in [3.05, 3.63) is 23.4 Å². The molecule has 18 heavy (non-hydrogen) atoms. The Balaban J connectivity index is 2.66. The van der Waals surface area contributed by atoms with Gasteiger partial charge in [0, 0.05) is 17.6 Å². The third-order valence-corrected chi connectivity index (χ3v) is 2.99. The van der Waals surface area contributed by atoms with Gasteiger partial charge in [0.05, 0.1) is 6.61 Å². The summed E-state index contributed by atoms with van der Waals surface area (Å²) >= 11 is 5.89. The molecule has 2 nitrogen and oxygen atoms in total. The van der Waals surface area contributed by atoms with Crippen molar-refractivity contribution in [2.24, 2.45) is 5.41 Å². The van der Waals surface area contributed by atoms with E-state index < -0.39 is 0 Å². The zero-order chi connectivity index (χ0) is 13.6. The summed E-state index contributed by atoms with van der Waals surface area (Å²) in [6.07, 6.45) is 3.07. The van der Waals surface area contributed by atoms with Crippen LogP contribution in [0.4, 0.5) is 0 Å². The second-order valence-electron chi connectivity index (χ2n) is 5.85. The van der Waals surface area contributed by atoms with E-state index in [1.54, 1.807) is 0 Å². The molecule has 1 aromatic rings. The van der Waals surface area contributed by atoms with Crippen LogP contribution in [0.15, 0.2) is 12.1 Å². The number of pyridine rings is 1. The van der Waals surface area contributed by atoms with Crippen molar-refractivity contribution in [3.63, 3.8) is 0 Å². The van der Waals surface area contributed by atoms with Crippen LogP contribution in [0.3, 0.4) is 0 Å². The van der Waals surface area contributed by atoms with Gasteiger partial charge >= 0.3 is 0 Å². The van der Waals surface area contributed by atoms with Crippen molar-refractivity contribution in [1.82, 2.24) is 4.98 Å². The number of hydrogen-bond acceptors (Lipinski definition) is 2. The molecule has 0 bridgehead atoms. The maximum Gasteiger partial charge on any atom is 0.213 e. The molecule has 0 aliphatic carbocycles.